The third kappa shape index (κ3) is 4.90. The highest BCUT2D eigenvalue weighted by Gasteiger charge is 2.13. The highest BCUT2D eigenvalue weighted by Crippen LogP contribution is 2.14. The predicted molar refractivity (Wildman–Crippen MR) is 93.6 cm³/mol. The molecule has 1 aromatic carbocycles. The molecule has 0 aliphatic carbocycles. The molecule has 0 bridgehead atoms. The van der Waals surface area contributed by atoms with Crippen LogP contribution < -0.4 is 15.0 Å². The summed E-state index contributed by atoms with van der Waals surface area (Å²) in [6.45, 7) is 3.42. The number of hydrogen-bond acceptors (Lipinski definition) is 6. The molecule has 0 radical (unpaired) electrons. The molecule has 0 saturated carbocycles. The van der Waals surface area contributed by atoms with Crippen molar-refractivity contribution in [1.29, 1.82) is 0 Å². The van der Waals surface area contributed by atoms with Gasteiger partial charge in [-0.2, -0.15) is 0 Å². The van der Waals surface area contributed by atoms with Gasteiger partial charge in [0.1, 0.15) is 17.9 Å². The topological polar surface area (TPSA) is 76.6 Å². The standard InChI is InChI=1S/C18H22N4O3/c1-24-16-4-2-3-14(9-16)10-18(23)19-12-15-11-17(21-13-20-15)22-5-7-25-8-6-22/h2-4,9,11,13H,5-8,10,12H2,1H3,(H,19,23). The van der Waals surface area contributed by atoms with Crippen LogP contribution in [0.5, 0.6) is 5.75 Å². The Morgan fingerprint density at radius 1 is 1.28 bits per heavy atom. The summed E-state index contributed by atoms with van der Waals surface area (Å²) < 4.78 is 10.5. The lowest BCUT2D eigenvalue weighted by Gasteiger charge is -2.27. The number of nitrogens with one attached hydrogen (secondary N) is 1. The van der Waals surface area contributed by atoms with E-state index in [9.17, 15) is 4.79 Å². The maximum absolute atomic E-state index is 12.1. The summed E-state index contributed by atoms with van der Waals surface area (Å²) in [6.07, 6.45) is 1.84. The Bertz CT molecular complexity index is 717. The number of rotatable bonds is 6. The van der Waals surface area contributed by atoms with Crippen molar-refractivity contribution in [3.05, 3.63) is 47.9 Å². The minimum absolute atomic E-state index is 0.0558. The first-order valence-electron chi connectivity index (χ1n) is 8.28. The highest BCUT2D eigenvalue weighted by atomic mass is 16.5. The second-order valence-corrected chi connectivity index (χ2v) is 5.77. The number of ether oxygens (including phenoxy) is 2. The number of anilines is 1. The number of aromatic nitrogens is 2. The number of benzene rings is 1. The van der Waals surface area contributed by atoms with E-state index in [1.165, 1.54) is 6.33 Å². The number of carbonyl (C=O) groups is 1. The third-order valence-corrected chi connectivity index (χ3v) is 4.01. The maximum atomic E-state index is 12.1. The van der Waals surface area contributed by atoms with Gasteiger partial charge < -0.3 is 19.7 Å². The van der Waals surface area contributed by atoms with Crippen molar-refractivity contribution in [2.24, 2.45) is 0 Å². The molecule has 1 aromatic heterocycles. The number of carbonyl (C=O) groups excluding carboxylic acids is 1. The first-order valence-corrected chi connectivity index (χ1v) is 8.28. The molecule has 0 unspecified atom stereocenters. The van der Waals surface area contributed by atoms with Crippen molar-refractivity contribution in [2.75, 3.05) is 38.3 Å². The van der Waals surface area contributed by atoms with E-state index in [2.05, 4.69) is 20.2 Å². The molecule has 1 fully saturated rings. The van der Waals surface area contributed by atoms with Gasteiger partial charge in [0.25, 0.3) is 0 Å². The fraction of sp³-hybridized carbons (Fsp3) is 0.389. The van der Waals surface area contributed by atoms with E-state index in [1.54, 1.807) is 7.11 Å². The van der Waals surface area contributed by atoms with Crippen LogP contribution in [0.3, 0.4) is 0 Å². The normalized spacial score (nSPS) is 14.2. The minimum atomic E-state index is -0.0558. The Morgan fingerprint density at radius 3 is 2.92 bits per heavy atom. The third-order valence-electron chi connectivity index (χ3n) is 4.01. The van der Waals surface area contributed by atoms with Gasteiger partial charge in [0.15, 0.2) is 0 Å². The molecule has 7 heteroatoms. The molecule has 7 nitrogen and oxygen atoms in total. The van der Waals surface area contributed by atoms with E-state index in [0.29, 0.717) is 26.2 Å². The van der Waals surface area contributed by atoms with E-state index >= 15 is 0 Å². The first kappa shape index (κ1) is 17.2. The van der Waals surface area contributed by atoms with Crippen LogP contribution >= 0.6 is 0 Å². The Balaban J connectivity index is 1.54. The lowest BCUT2D eigenvalue weighted by molar-refractivity contribution is -0.120. The fourth-order valence-electron chi connectivity index (χ4n) is 2.67. The van der Waals surface area contributed by atoms with Crippen LogP contribution in [0.4, 0.5) is 5.82 Å². The van der Waals surface area contributed by atoms with E-state index < -0.39 is 0 Å². The molecule has 132 valence electrons. The van der Waals surface area contributed by atoms with Crippen molar-refractivity contribution >= 4 is 11.7 Å². The molecular weight excluding hydrogens is 320 g/mol. The summed E-state index contributed by atoms with van der Waals surface area (Å²) in [6, 6.07) is 9.41. The van der Waals surface area contributed by atoms with Crippen molar-refractivity contribution in [3.8, 4) is 5.75 Å². The number of nitrogens with zero attached hydrogens (tertiary/aromatic N) is 3. The molecule has 1 amide bonds. The number of morpholine rings is 1. The van der Waals surface area contributed by atoms with Crippen LogP contribution in [0.2, 0.25) is 0 Å². The molecule has 2 aromatic rings. The van der Waals surface area contributed by atoms with Gasteiger partial charge >= 0.3 is 0 Å². The highest BCUT2D eigenvalue weighted by molar-refractivity contribution is 5.78. The second-order valence-electron chi connectivity index (χ2n) is 5.77. The summed E-state index contributed by atoms with van der Waals surface area (Å²) >= 11 is 0. The van der Waals surface area contributed by atoms with Crippen molar-refractivity contribution < 1.29 is 14.3 Å². The second kappa shape index (κ2) is 8.43. The fourth-order valence-corrected chi connectivity index (χ4v) is 2.67. The molecule has 1 saturated heterocycles. The average molecular weight is 342 g/mol. The van der Waals surface area contributed by atoms with Crippen LogP contribution in [0.25, 0.3) is 0 Å². The van der Waals surface area contributed by atoms with Gasteiger partial charge in [0.2, 0.25) is 5.91 Å². The largest absolute Gasteiger partial charge is 0.497 e. The van der Waals surface area contributed by atoms with E-state index in [0.717, 1.165) is 35.9 Å². The van der Waals surface area contributed by atoms with Gasteiger partial charge in [-0.25, -0.2) is 9.97 Å². The van der Waals surface area contributed by atoms with Crippen LogP contribution in [-0.4, -0.2) is 49.3 Å². The Morgan fingerprint density at radius 2 is 2.12 bits per heavy atom. The predicted octanol–water partition coefficient (Wildman–Crippen LogP) is 1.18. The summed E-state index contributed by atoms with van der Waals surface area (Å²) in [5.74, 6) is 1.56. The molecule has 25 heavy (non-hydrogen) atoms. The molecule has 3 rings (SSSR count). The van der Waals surface area contributed by atoms with Gasteiger partial charge in [-0.05, 0) is 17.7 Å². The van der Waals surface area contributed by atoms with E-state index in [1.807, 2.05) is 30.3 Å². The quantitative estimate of drug-likeness (QED) is 0.850. The van der Waals surface area contributed by atoms with Gasteiger partial charge in [0.05, 0.1) is 39.0 Å². The van der Waals surface area contributed by atoms with E-state index in [-0.39, 0.29) is 5.91 Å². The zero-order valence-corrected chi connectivity index (χ0v) is 14.3. The monoisotopic (exact) mass is 342 g/mol. The Hall–Kier alpha value is -2.67. The van der Waals surface area contributed by atoms with Crippen LogP contribution in [0, 0.1) is 0 Å². The molecule has 0 atom stereocenters. The molecule has 2 heterocycles. The Labute approximate surface area is 147 Å². The first-order chi connectivity index (χ1) is 12.2. The summed E-state index contributed by atoms with van der Waals surface area (Å²) in [5.41, 5.74) is 1.70. The van der Waals surface area contributed by atoms with Crippen molar-refractivity contribution in [3.63, 3.8) is 0 Å². The zero-order valence-electron chi connectivity index (χ0n) is 14.3. The number of amides is 1. The molecule has 1 N–H and O–H groups in total. The van der Waals surface area contributed by atoms with Gasteiger partial charge in [0, 0.05) is 19.2 Å². The molecule has 1 aliphatic rings. The van der Waals surface area contributed by atoms with Gasteiger partial charge in [-0.15, -0.1) is 0 Å². The minimum Gasteiger partial charge on any atom is -0.497 e. The summed E-state index contributed by atoms with van der Waals surface area (Å²) in [4.78, 5) is 22.9. The average Bonchev–Trinajstić information content (AvgIpc) is 2.67. The lowest BCUT2D eigenvalue weighted by atomic mass is 10.1. The van der Waals surface area contributed by atoms with Crippen molar-refractivity contribution in [1.82, 2.24) is 15.3 Å². The zero-order chi connectivity index (χ0) is 17.5. The van der Waals surface area contributed by atoms with Gasteiger partial charge in [-0.3, -0.25) is 4.79 Å². The summed E-state index contributed by atoms with van der Waals surface area (Å²) in [7, 11) is 1.61. The van der Waals surface area contributed by atoms with Crippen molar-refractivity contribution in [2.45, 2.75) is 13.0 Å². The van der Waals surface area contributed by atoms with Crippen LogP contribution in [0.15, 0.2) is 36.7 Å². The van der Waals surface area contributed by atoms with Crippen LogP contribution in [-0.2, 0) is 22.5 Å². The van der Waals surface area contributed by atoms with E-state index in [4.69, 9.17) is 9.47 Å². The lowest BCUT2D eigenvalue weighted by Crippen LogP contribution is -2.37. The summed E-state index contributed by atoms with van der Waals surface area (Å²) in [5, 5.41) is 2.90. The maximum Gasteiger partial charge on any atom is 0.224 e. The van der Waals surface area contributed by atoms with Crippen LogP contribution in [0.1, 0.15) is 11.3 Å². The Kier molecular flexibility index (Phi) is 5.79. The van der Waals surface area contributed by atoms with Gasteiger partial charge in [-0.1, -0.05) is 12.1 Å². The molecule has 1 aliphatic heterocycles. The molecule has 0 spiro atoms. The SMILES string of the molecule is COc1cccc(CC(=O)NCc2cc(N3CCOCC3)ncn2)c1. The smallest absolute Gasteiger partial charge is 0.224 e. The number of methoxy groups -OCH3 is 1. The molecular formula is C18H22N4O3. The number of hydrogen-bond donors (Lipinski definition) is 1.